The SMILES string of the molecule is CCc1cn2c(=O)c3ncn([C@@H]4O[C@H](CO)[C@@H](O)[C@@]4(C)O)c3nc2[nH]1. The Bertz CT molecular complexity index is 1000. The smallest absolute Gasteiger partial charge is 0.287 e. The van der Waals surface area contributed by atoms with Crippen molar-refractivity contribution in [3.05, 3.63) is 28.6 Å². The summed E-state index contributed by atoms with van der Waals surface area (Å²) in [5.41, 5.74) is -0.820. The van der Waals surface area contributed by atoms with Gasteiger partial charge in [0.25, 0.3) is 5.56 Å². The molecule has 3 aromatic heterocycles. The molecule has 1 aliphatic rings. The molecule has 4 atom stereocenters. The molecule has 0 aromatic carbocycles. The van der Waals surface area contributed by atoms with Crippen LogP contribution in [0.3, 0.4) is 0 Å². The Morgan fingerprint density at radius 3 is 2.88 bits per heavy atom. The van der Waals surface area contributed by atoms with Crippen molar-refractivity contribution in [1.29, 1.82) is 0 Å². The molecule has 10 nitrogen and oxygen atoms in total. The first-order chi connectivity index (χ1) is 11.9. The summed E-state index contributed by atoms with van der Waals surface area (Å²) in [6.45, 7) is 2.91. The molecule has 0 amide bonds. The first-order valence-electron chi connectivity index (χ1n) is 8.02. The average Bonchev–Trinajstić information content (AvgIpc) is 3.24. The van der Waals surface area contributed by atoms with Crippen molar-refractivity contribution in [2.24, 2.45) is 0 Å². The molecule has 25 heavy (non-hydrogen) atoms. The molecule has 0 bridgehead atoms. The number of hydrogen-bond donors (Lipinski definition) is 4. The molecule has 0 aliphatic carbocycles. The van der Waals surface area contributed by atoms with Crippen LogP contribution in [0.1, 0.15) is 25.8 Å². The van der Waals surface area contributed by atoms with Gasteiger partial charge in [-0.05, 0) is 13.3 Å². The lowest BCUT2D eigenvalue weighted by Gasteiger charge is -2.27. The number of H-pyrrole nitrogens is 1. The van der Waals surface area contributed by atoms with Gasteiger partial charge in [-0.3, -0.25) is 9.36 Å². The average molecular weight is 349 g/mol. The third-order valence-corrected chi connectivity index (χ3v) is 4.75. The standard InChI is InChI=1S/C15H19N5O5/c1-3-7-4-19-12(23)9-11(18-14(19)17-7)20(6-16-9)13-15(2,24)10(22)8(5-21)25-13/h4,6,8,10,13,21-22,24H,3,5H2,1-2H3,(H,17,18)/t8-,10-,13-,15-/m1/s1. The number of aromatic nitrogens is 5. The second-order valence-electron chi connectivity index (χ2n) is 6.45. The Morgan fingerprint density at radius 1 is 1.48 bits per heavy atom. The van der Waals surface area contributed by atoms with E-state index in [1.165, 1.54) is 22.2 Å². The normalized spacial score (nSPS) is 29.9. The van der Waals surface area contributed by atoms with Crippen molar-refractivity contribution in [3.8, 4) is 0 Å². The molecule has 0 spiro atoms. The van der Waals surface area contributed by atoms with Crippen molar-refractivity contribution >= 4 is 16.9 Å². The second-order valence-corrected chi connectivity index (χ2v) is 6.45. The van der Waals surface area contributed by atoms with Gasteiger partial charge in [0.1, 0.15) is 17.8 Å². The zero-order valence-corrected chi connectivity index (χ0v) is 13.7. The van der Waals surface area contributed by atoms with Crippen LogP contribution in [0.2, 0.25) is 0 Å². The maximum atomic E-state index is 12.6. The highest BCUT2D eigenvalue weighted by Gasteiger charge is 2.53. The van der Waals surface area contributed by atoms with Crippen molar-refractivity contribution in [2.75, 3.05) is 6.61 Å². The Balaban J connectivity index is 1.91. The molecule has 4 heterocycles. The third-order valence-electron chi connectivity index (χ3n) is 4.75. The molecule has 4 rings (SSSR count). The highest BCUT2D eigenvalue weighted by Crippen LogP contribution is 2.39. The van der Waals surface area contributed by atoms with Crippen LogP contribution >= 0.6 is 0 Å². The van der Waals surface area contributed by atoms with Crippen LogP contribution in [-0.2, 0) is 11.2 Å². The molecule has 1 aliphatic heterocycles. The lowest BCUT2D eigenvalue weighted by molar-refractivity contribution is -0.0950. The lowest BCUT2D eigenvalue weighted by atomic mass is 9.96. The van der Waals surface area contributed by atoms with Crippen LogP contribution in [0.15, 0.2) is 17.3 Å². The molecule has 3 aromatic rings. The number of nitrogens with zero attached hydrogens (tertiary/aromatic N) is 4. The van der Waals surface area contributed by atoms with Crippen LogP contribution < -0.4 is 5.56 Å². The summed E-state index contributed by atoms with van der Waals surface area (Å²) in [4.78, 5) is 24.2. The molecular weight excluding hydrogens is 330 g/mol. The quantitative estimate of drug-likeness (QED) is 0.473. The van der Waals surface area contributed by atoms with E-state index in [2.05, 4.69) is 15.0 Å². The van der Waals surface area contributed by atoms with Crippen LogP contribution in [0, 0.1) is 0 Å². The van der Waals surface area contributed by atoms with E-state index in [1.54, 1.807) is 6.20 Å². The summed E-state index contributed by atoms with van der Waals surface area (Å²) in [6.07, 6.45) is 0.452. The van der Waals surface area contributed by atoms with E-state index in [1.807, 2.05) is 6.92 Å². The summed E-state index contributed by atoms with van der Waals surface area (Å²) in [5, 5.41) is 30.1. The molecular formula is C15H19N5O5. The van der Waals surface area contributed by atoms with Crippen LogP contribution in [-0.4, -0.2) is 63.7 Å². The number of hydrogen-bond acceptors (Lipinski definition) is 7. The maximum Gasteiger partial charge on any atom is 0.287 e. The first kappa shape index (κ1) is 16.2. The Kier molecular flexibility index (Phi) is 3.48. The number of aromatic amines is 1. The number of nitrogens with one attached hydrogen (secondary N) is 1. The van der Waals surface area contributed by atoms with Crippen molar-refractivity contribution < 1.29 is 20.1 Å². The Labute approximate surface area is 141 Å². The molecule has 134 valence electrons. The molecule has 0 saturated carbocycles. The van der Waals surface area contributed by atoms with Gasteiger partial charge in [-0.1, -0.05) is 6.92 Å². The van der Waals surface area contributed by atoms with E-state index >= 15 is 0 Å². The van der Waals surface area contributed by atoms with E-state index in [-0.39, 0.29) is 16.7 Å². The highest BCUT2D eigenvalue weighted by molar-refractivity contribution is 5.72. The van der Waals surface area contributed by atoms with Gasteiger partial charge in [0.05, 0.1) is 12.9 Å². The molecule has 10 heteroatoms. The molecule has 1 fully saturated rings. The highest BCUT2D eigenvalue weighted by atomic mass is 16.6. The number of aryl methyl sites for hydroxylation is 1. The number of imidazole rings is 2. The number of rotatable bonds is 3. The zero-order chi connectivity index (χ0) is 17.9. The predicted octanol–water partition coefficient (Wildman–Crippen LogP) is -1.06. The maximum absolute atomic E-state index is 12.6. The van der Waals surface area contributed by atoms with E-state index in [9.17, 15) is 20.1 Å². The minimum atomic E-state index is -1.68. The summed E-state index contributed by atoms with van der Waals surface area (Å²) in [5.74, 6) is 0.355. The molecule has 1 saturated heterocycles. The predicted molar refractivity (Wildman–Crippen MR) is 86.1 cm³/mol. The monoisotopic (exact) mass is 349 g/mol. The molecule has 4 N–H and O–H groups in total. The van der Waals surface area contributed by atoms with Crippen LogP contribution in [0.4, 0.5) is 0 Å². The van der Waals surface area contributed by atoms with Crippen molar-refractivity contribution in [1.82, 2.24) is 23.9 Å². The number of ether oxygens (including phenoxy) is 1. The Morgan fingerprint density at radius 2 is 2.24 bits per heavy atom. The van der Waals surface area contributed by atoms with Gasteiger partial charge in [-0.15, -0.1) is 0 Å². The summed E-state index contributed by atoms with van der Waals surface area (Å²) in [6, 6.07) is 0. The van der Waals surface area contributed by atoms with Gasteiger partial charge in [-0.2, -0.15) is 4.98 Å². The minimum Gasteiger partial charge on any atom is -0.394 e. The van der Waals surface area contributed by atoms with Gasteiger partial charge in [0, 0.05) is 11.9 Å². The van der Waals surface area contributed by atoms with Crippen molar-refractivity contribution in [2.45, 2.75) is 44.3 Å². The van der Waals surface area contributed by atoms with Crippen LogP contribution in [0.5, 0.6) is 0 Å². The van der Waals surface area contributed by atoms with E-state index in [0.717, 1.165) is 5.69 Å². The van der Waals surface area contributed by atoms with E-state index in [4.69, 9.17) is 4.74 Å². The van der Waals surface area contributed by atoms with Gasteiger partial charge in [-0.25, -0.2) is 9.38 Å². The van der Waals surface area contributed by atoms with Gasteiger partial charge >= 0.3 is 0 Å². The summed E-state index contributed by atoms with van der Waals surface area (Å²) in [7, 11) is 0. The topological polar surface area (TPSA) is 138 Å². The first-order valence-corrected chi connectivity index (χ1v) is 8.02. The minimum absolute atomic E-state index is 0.125. The number of aliphatic hydroxyl groups is 3. The zero-order valence-electron chi connectivity index (χ0n) is 13.7. The summed E-state index contributed by atoms with van der Waals surface area (Å²) >= 11 is 0. The van der Waals surface area contributed by atoms with Gasteiger partial charge in [0.15, 0.2) is 17.4 Å². The van der Waals surface area contributed by atoms with Gasteiger partial charge < -0.3 is 25.0 Å². The molecule has 0 radical (unpaired) electrons. The lowest BCUT2D eigenvalue weighted by Crippen LogP contribution is -2.44. The Hall–Kier alpha value is -2.27. The van der Waals surface area contributed by atoms with Crippen molar-refractivity contribution in [3.63, 3.8) is 0 Å². The van der Waals surface area contributed by atoms with Gasteiger partial charge in [0.2, 0.25) is 5.78 Å². The third kappa shape index (κ3) is 2.15. The fraction of sp³-hybridized carbons (Fsp3) is 0.533. The molecule has 0 unspecified atom stereocenters. The number of fused-ring (bicyclic) bond motifs is 2. The fourth-order valence-corrected chi connectivity index (χ4v) is 3.26. The second kappa shape index (κ2) is 5.36. The number of aliphatic hydroxyl groups excluding tert-OH is 2. The van der Waals surface area contributed by atoms with E-state index < -0.39 is 30.6 Å². The fourth-order valence-electron chi connectivity index (χ4n) is 3.26. The van der Waals surface area contributed by atoms with E-state index in [0.29, 0.717) is 12.2 Å². The van der Waals surface area contributed by atoms with Crippen LogP contribution in [0.25, 0.3) is 16.9 Å². The summed E-state index contributed by atoms with van der Waals surface area (Å²) < 4.78 is 8.37. The largest absolute Gasteiger partial charge is 0.394 e.